The first-order valence-electron chi connectivity index (χ1n) is 10.1. The van der Waals surface area contributed by atoms with Gasteiger partial charge in [0.25, 0.3) is 5.91 Å². The SMILES string of the molecule is COc1ccc(O)c(C(=O)OCC(=O)N(Cc2ccc(F)cc2)C2CCCCC2)c1. The van der Waals surface area contributed by atoms with E-state index < -0.39 is 12.6 Å². The van der Waals surface area contributed by atoms with Crippen molar-refractivity contribution in [3.63, 3.8) is 0 Å². The van der Waals surface area contributed by atoms with Gasteiger partial charge in [0.1, 0.15) is 22.9 Å². The molecule has 7 heteroatoms. The topological polar surface area (TPSA) is 76.1 Å². The highest BCUT2D eigenvalue weighted by Gasteiger charge is 2.27. The Morgan fingerprint density at radius 2 is 1.80 bits per heavy atom. The van der Waals surface area contributed by atoms with Crippen LogP contribution in [0.5, 0.6) is 11.5 Å². The predicted molar refractivity (Wildman–Crippen MR) is 109 cm³/mol. The van der Waals surface area contributed by atoms with E-state index in [9.17, 15) is 19.1 Å². The van der Waals surface area contributed by atoms with Gasteiger partial charge in [-0.3, -0.25) is 4.79 Å². The molecule has 0 aliphatic heterocycles. The van der Waals surface area contributed by atoms with E-state index in [1.807, 2.05) is 0 Å². The number of carbonyl (C=O) groups is 2. The van der Waals surface area contributed by atoms with Crippen molar-refractivity contribution in [3.8, 4) is 11.5 Å². The number of halogens is 1. The number of phenolic OH excluding ortho intramolecular Hbond substituents is 1. The quantitative estimate of drug-likeness (QED) is 0.691. The number of hydrogen-bond acceptors (Lipinski definition) is 5. The summed E-state index contributed by atoms with van der Waals surface area (Å²) >= 11 is 0. The van der Waals surface area contributed by atoms with Crippen molar-refractivity contribution in [2.75, 3.05) is 13.7 Å². The lowest BCUT2D eigenvalue weighted by atomic mass is 9.93. The fourth-order valence-corrected chi connectivity index (χ4v) is 3.69. The second-order valence-electron chi connectivity index (χ2n) is 7.40. The summed E-state index contributed by atoms with van der Waals surface area (Å²) in [5.74, 6) is -1.30. The maximum atomic E-state index is 13.2. The van der Waals surface area contributed by atoms with E-state index in [-0.39, 0.29) is 29.1 Å². The summed E-state index contributed by atoms with van der Waals surface area (Å²) < 4.78 is 23.5. The second-order valence-corrected chi connectivity index (χ2v) is 7.40. The maximum absolute atomic E-state index is 13.2. The molecule has 0 radical (unpaired) electrons. The minimum absolute atomic E-state index is 0.0558. The lowest BCUT2D eigenvalue weighted by molar-refractivity contribution is -0.138. The summed E-state index contributed by atoms with van der Waals surface area (Å²) in [5.41, 5.74) is 0.747. The minimum Gasteiger partial charge on any atom is -0.507 e. The smallest absolute Gasteiger partial charge is 0.342 e. The number of methoxy groups -OCH3 is 1. The lowest BCUT2D eigenvalue weighted by Gasteiger charge is -2.34. The van der Waals surface area contributed by atoms with Crippen LogP contribution in [0, 0.1) is 5.82 Å². The maximum Gasteiger partial charge on any atom is 0.342 e. The van der Waals surface area contributed by atoms with Gasteiger partial charge in [0.05, 0.1) is 7.11 Å². The first-order valence-corrected chi connectivity index (χ1v) is 10.1. The molecule has 0 bridgehead atoms. The number of hydrogen-bond donors (Lipinski definition) is 1. The third-order valence-corrected chi connectivity index (χ3v) is 5.35. The lowest BCUT2D eigenvalue weighted by Crippen LogP contribution is -2.43. The molecule has 160 valence electrons. The monoisotopic (exact) mass is 415 g/mol. The molecule has 1 N–H and O–H groups in total. The molecule has 0 unspecified atom stereocenters. The Bertz CT molecular complexity index is 878. The van der Waals surface area contributed by atoms with E-state index >= 15 is 0 Å². The molecule has 3 rings (SSSR count). The molecule has 1 saturated carbocycles. The van der Waals surface area contributed by atoms with Gasteiger partial charge in [0.2, 0.25) is 0 Å². The Morgan fingerprint density at radius 1 is 1.10 bits per heavy atom. The van der Waals surface area contributed by atoms with E-state index in [0.29, 0.717) is 12.3 Å². The van der Waals surface area contributed by atoms with Crippen LogP contribution in [-0.2, 0) is 16.1 Å². The van der Waals surface area contributed by atoms with Crippen molar-refractivity contribution in [1.82, 2.24) is 4.90 Å². The molecule has 1 fully saturated rings. The molecule has 0 heterocycles. The third kappa shape index (κ3) is 5.49. The Kier molecular flexibility index (Phi) is 7.27. The summed E-state index contributed by atoms with van der Waals surface area (Å²) in [6.45, 7) is -0.112. The van der Waals surface area contributed by atoms with Crippen molar-refractivity contribution in [3.05, 3.63) is 59.4 Å². The Hall–Kier alpha value is -3.09. The van der Waals surface area contributed by atoms with Crippen molar-refractivity contribution < 1.29 is 28.6 Å². The molecule has 0 aromatic heterocycles. The number of benzene rings is 2. The highest BCUT2D eigenvalue weighted by molar-refractivity contribution is 5.94. The van der Waals surface area contributed by atoms with Crippen LogP contribution in [0.15, 0.2) is 42.5 Å². The van der Waals surface area contributed by atoms with E-state index in [1.54, 1.807) is 17.0 Å². The fraction of sp³-hybridized carbons (Fsp3) is 0.391. The minimum atomic E-state index is -0.801. The van der Waals surface area contributed by atoms with Crippen molar-refractivity contribution in [2.45, 2.75) is 44.7 Å². The van der Waals surface area contributed by atoms with E-state index in [1.165, 1.54) is 37.4 Å². The molecule has 2 aromatic rings. The first kappa shape index (κ1) is 21.6. The molecular weight excluding hydrogens is 389 g/mol. The molecule has 30 heavy (non-hydrogen) atoms. The number of amides is 1. The number of rotatable bonds is 7. The van der Waals surface area contributed by atoms with Crippen LogP contribution in [-0.4, -0.2) is 41.6 Å². The molecule has 0 saturated heterocycles. The summed E-state index contributed by atoms with van der Waals surface area (Å²) in [5, 5.41) is 9.91. The third-order valence-electron chi connectivity index (χ3n) is 5.35. The van der Waals surface area contributed by atoms with Crippen LogP contribution < -0.4 is 4.74 Å². The highest BCUT2D eigenvalue weighted by Crippen LogP contribution is 2.26. The zero-order valence-electron chi connectivity index (χ0n) is 17.0. The summed E-state index contributed by atoms with van der Waals surface area (Å²) in [6.07, 6.45) is 4.99. The summed E-state index contributed by atoms with van der Waals surface area (Å²) in [4.78, 5) is 27.0. The first-order chi connectivity index (χ1) is 14.5. The van der Waals surface area contributed by atoms with Crippen LogP contribution in [0.1, 0.15) is 48.0 Å². The van der Waals surface area contributed by atoms with Gasteiger partial charge >= 0.3 is 5.97 Å². The molecule has 0 atom stereocenters. The predicted octanol–water partition coefficient (Wildman–Crippen LogP) is 4.06. The molecule has 6 nitrogen and oxygen atoms in total. The van der Waals surface area contributed by atoms with Gasteiger partial charge in [-0.15, -0.1) is 0 Å². The number of ether oxygens (including phenoxy) is 2. The summed E-state index contributed by atoms with van der Waals surface area (Å²) in [6, 6.07) is 10.3. The Morgan fingerprint density at radius 3 is 2.47 bits per heavy atom. The van der Waals surface area contributed by atoms with Gasteiger partial charge in [-0.25, -0.2) is 9.18 Å². The molecule has 2 aromatic carbocycles. The van der Waals surface area contributed by atoms with E-state index in [2.05, 4.69) is 0 Å². The average molecular weight is 415 g/mol. The summed E-state index contributed by atoms with van der Waals surface area (Å²) in [7, 11) is 1.45. The Labute approximate surface area is 175 Å². The van der Waals surface area contributed by atoms with Gasteiger partial charge in [-0.05, 0) is 48.7 Å². The van der Waals surface area contributed by atoms with E-state index in [0.717, 1.165) is 37.7 Å². The van der Waals surface area contributed by atoms with Crippen LogP contribution >= 0.6 is 0 Å². The molecule has 0 spiro atoms. The van der Waals surface area contributed by atoms with Gasteiger partial charge in [0, 0.05) is 12.6 Å². The number of aromatic hydroxyl groups is 1. The van der Waals surface area contributed by atoms with Crippen molar-refractivity contribution in [2.24, 2.45) is 0 Å². The highest BCUT2D eigenvalue weighted by atomic mass is 19.1. The molecule has 1 aliphatic carbocycles. The molecular formula is C23H26FNO5. The van der Waals surface area contributed by atoms with Crippen LogP contribution in [0.3, 0.4) is 0 Å². The fourth-order valence-electron chi connectivity index (χ4n) is 3.69. The normalized spacial score (nSPS) is 14.2. The van der Waals surface area contributed by atoms with E-state index in [4.69, 9.17) is 9.47 Å². The van der Waals surface area contributed by atoms with Crippen molar-refractivity contribution in [1.29, 1.82) is 0 Å². The molecule has 1 aliphatic rings. The zero-order chi connectivity index (χ0) is 21.5. The number of phenols is 1. The standard InChI is InChI=1S/C23H26FNO5/c1-29-19-11-12-21(26)20(13-19)23(28)30-15-22(27)25(18-5-3-2-4-6-18)14-16-7-9-17(24)10-8-16/h7-13,18,26H,2-6,14-15H2,1H3. The Balaban J connectivity index is 1.69. The second kappa shape index (κ2) is 10.1. The van der Waals surface area contributed by atoms with Crippen LogP contribution in [0.4, 0.5) is 4.39 Å². The van der Waals surface area contributed by atoms with Gasteiger partial charge in [0.15, 0.2) is 6.61 Å². The van der Waals surface area contributed by atoms with Crippen molar-refractivity contribution >= 4 is 11.9 Å². The van der Waals surface area contributed by atoms with Gasteiger partial charge in [-0.2, -0.15) is 0 Å². The zero-order valence-corrected chi connectivity index (χ0v) is 17.0. The number of nitrogens with zero attached hydrogens (tertiary/aromatic N) is 1. The van der Waals surface area contributed by atoms with Gasteiger partial charge < -0.3 is 19.5 Å². The number of carbonyl (C=O) groups excluding carboxylic acids is 2. The largest absolute Gasteiger partial charge is 0.507 e. The van der Waals surface area contributed by atoms with Crippen LogP contribution in [0.25, 0.3) is 0 Å². The average Bonchev–Trinajstić information content (AvgIpc) is 2.77. The van der Waals surface area contributed by atoms with Crippen LogP contribution in [0.2, 0.25) is 0 Å². The van der Waals surface area contributed by atoms with Gasteiger partial charge in [-0.1, -0.05) is 31.4 Å². The molecule has 1 amide bonds. The number of esters is 1.